The molecular formula is C12H12N2O4. The lowest BCUT2D eigenvalue weighted by atomic mass is 10.1. The van der Waals surface area contributed by atoms with Crippen molar-refractivity contribution in [2.24, 2.45) is 0 Å². The van der Waals surface area contributed by atoms with Crippen LogP contribution in [0.25, 0.3) is 0 Å². The molecule has 2 rings (SSSR count). The molecule has 94 valence electrons. The highest BCUT2D eigenvalue weighted by Crippen LogP contribution is 2.23. The van der Waals surface area contributed by atoms with Crippen molar-refractivity contribution in [3.05, 3.63) is 36.4 Å². The fourth-order valence-electron chi connectivity index (χ4n) is 1.77. The number of carbonyl (C=O) groups is 2. The maximum atomic E-state index is 11.7. The predicted octanol–water partition coefficient (Wildman–Crippen LogP) is 0.931. The molecule has 2 amide bonds. The molecule has 0 spiro atoms. The van der Waals surface area contributed by atoms with Crippen LogP contribution in [0.3, 0.4) is 0 Å². The van der Waals surface area contributed by atoms with Crippen molar-refractivity contribution in [1.29, 1.82) is 0 Å². The lowest BCUT2D eigenvalue weighted by Crippen LogP contribution is -2.31. The first kappa shape index (κ1) is 12.0. The number of nitrogens with zero attached hydrogens (tertiary/aromatic N) is 1. The monoisotopic (exact) mass is 248 g/mol. The Morgan fingerprint density at radius 1 is 1.50 bits per heavy atom. The average Bonchev–Trinajstić information content (AvgIpc) is 2.70. The van der Waals surface area contributed by atoms with E-state index >= 15 is 0 Å². The van der Waals surface area contributed by atoms with Crippen LogP contribution >= 0.6 is 0 Å². The van der Waals surface area contributed by atoms with E-state index in [1.165, 1.54) is 17.0 Å². The Kier molecular flexibility index (Phi) is 2.93. The van der Waals surface area contributed by atoms with Gasteiger partial charge in [-0.05, 0) is 12.1 Å². The van der Waals surface area contributed by atoms with Gasteiger partial charge in [0.25, 0.3) is 0 Å². The number of phenols is 1. The number of anilines is 1. The molecule has 1 aliphatic rings. The Balaban J connectivity index is 2.20. The predicted molar refractivity (Wildman–Crippen MR) is 64.5 cm³/mol. The molecule has 6 nitrogen and oxygen atoms in total. The van der Waals surface area contributed by atoms with E-state index < -0.39 is 18.0 Å². The van der Waals surface area contributed by atoms with Crippen molar-refractivity contribution in [3.8, 4) is 5.75 Å². The SMILES string of the molecule is C=C(C(=O)O)C1CN(c2cccc(O)c2)C(=O)N1. The second-order valence-corrected chi connectivity index (χ2v) is 3.96. The van der Waals surface area contributed by atoms with Gasteiger partial charge in [0, 0.05) is 11.8 Å². The maximum absolute atomic E-state index is 11.7. The third-order valence-corrected chi connectivity index (χ3v) is 2.74. The summed E-state index contributed by atoms with van der Waals surface area (Å²) in [5.74, 6) is -1.10. The summed E-state index contributed by atoms with van der Waals surface area (Å²) >= 11 is 0. The largest absolute Gasteiger partial charge is 0.508 e. The molecule has 18 heavy (non-hydrogen) atoms. The number of carboxylic acid groups (broad SMARTS) is 1. The van der Waals surface area contributed by atoms with Gasteiger partial charge < -0.3 is 15.5 Å². The van der Waals surface area contributed by atoms with Gasteiger partial charge in [0.05, 0.1) is 18.2 Å². The normalized spacial score (nSPS) is 18.6. The number of hydrogen-bond acceptors (Lipinski definition) is 3. The summed E-state index contributed by atoms with van der Waals surface area (Å²) in [5.41, 5.74) is 0.444. The molecular weight excluding hydrogens is 236 g/mol. The molecule has 0 bridgehead atoms. The summed E-state index contributed by atoms with van der Waals surface area (Å²) in [6.45, 7) is 3.60. The lowest BCUT2D eigenvalue weighted by Gasteiger charge is -2.14. The van der Waals surface area contributed by atoms with Crippen molar-refractivity contribution >= 4 is 17.7 Å². The number of aromatic hydroxyl groups is 1. The van der Waals surface area contributed by atoms with Crippen molar-refractivity contribution in [1.82, 2.24) is 5.32 Å². The summed E-state index contributed by atoms with van der Waals surface area (Å²) in [4.78, 5) is 23.9. The molecule has 1 aliphatic heterocycles. The van der Waals surface area contributed by atoms with E-state index in [9.17, 15) is 14.7 Å². The van der Waals surface area contributed by atoms with Crippen molar-refractivity contribution in [2.75, 3.05) is 11.4 Å². The van der Waals surface area contributed by atoms with Crippen molar-refractivity contribution in [3.63, 3.8) is 0 Å². The lowest BCUT2D eigenvalue weighted by molar-refractivity contribution is -0.132. The van der Waals surface area contributed by atoms with Gasteiger partial charge in [0.15, 0.2) is 0 Å². The third kappa shape index (κ3) is 2.13. The number of carbonyl (C=O) groups excluding carboxylic acids is 1. The molecule has 0 aromatic heterocycles. The highest BCUT2D eigenvalue weighted by molar-refractivity contribution is 5.98. The van der Waals surface area contributed by atoms with Crippen LogP contribution < -0.4 is 10.2 Å². The zero-order chi connectivity index (χ0) is 13.3. The number of benzene rings is 1. The van der Waals surface area contributed by atoms with Gasteiger partial charge >= 0.3 is 12.0 Å². The summed E-state index contributed by atoms with van der Waals surface area (Å²) in [6, 6.07) is 5.16. The van der Waals surface area contributed by atoms with E-state index in [0.29, 0.717) is 5.69 Å². The van der Waals surface area contributed by atoms with Gasteiger partial charge in [-0.25, -0.2) is 9.59 Å². The summed E-state index contributed by atoms with van der Waals surface area (Å²) in [6.07, 6.45) is 0. The van der Waals surface area contributed by atoms with Gasteiger partial charge in [-0.15, -0.1) is 0 Å². The molecule has 1 aromatic rings. The standard InChI is InChI=1S/C12H12N2O4/c1-7(11(16)17)10-6-14(12(18)13-10)8-3-2-4-9(15)5-8/h2-5,10,15H,1,6H2,(H,13,18)(H,16,17). The molecule has 0 aliphatic carbocycles. The van der Waals surface area contributed by atoms with Gasteiger partial charge in [0.1, 0.15) is 5.75 Å². The number of rotatable bonds is 3. The fraction of sp³-hybridized carbons (Fsp3) is 0.167. The molecule has 1 atom stereocenters. The van der Waals surface area contributed by atoms with Crippen LogP contribution in [0.4, 0.5) is 10.5 Å². The van der Waals surface area contributed by atoms with E-state index in [1.54, 1.807) is 12.1 Å². The molecule has 1 fully saturated rings. The maximum Gasteiger partial charge on any atom is 0.333 e. The second-order valence-electron chi connectivity index (χ2n) is 3.96. The number of hydrogen-bond donors (Lipinski definition) is 3. The molecule has 0 saturated carbocycles. The van der Waals surface area contributed by atoms with Crippen LogP contribution in [0.1, 0.15) is 0 Å². The van der Waals surface area contributed by atoms with E-state index in [2.05, 4.69) is 11.9 Å². The number of nitrogens with one attached hydrogen (secondary N) is 1. The molecule has 3 N–H and O–H groups in total. The third-order valence-electron chi connectivity index (χ3n) is 2.74. The first-order valence-corrected chi connectivity index (χ1v) is 5.28. The van der Waals surface area contributed by atoms with Crippen LogP contribution in [-0.2, 0) is 4.79 Å². The Labute approximate surface area is 103 Å². The van der Waals surface area contributed by atoms with Gasteiger partial charge in [-0.3, -0.25) is 4.90 Å². The van der Waals surface area contributed by atoms with Gasteiger partial charge in [0.2, 0.25) is 0 Å². The highest BCUT2D eigenvalue weighted by atomic mass is 16.4. The highest BCUT2D eigenvalue weighted by Gasteiger charge is 2.33. The van der Waals surface area contributed by atoms with Crippen LogP contribution in [0.15, 0.2) is 36.4 Å². The van der Waals surface area contributed by atoms with Crippen LogP contribution in [-0.4, -0.2) is 34.8 Å². The quantitative estimate of drug-likeness (QED) is 0.694. The Bertz CT molecular complexity index is 527. The Morgan fingerprint density at radius 3 is 2.83 bits per heavy atom. The van der Waals surface area contributed by atoms with Crippen molar-refractivity contribution < 1.29 is 19.8 Å². The average molecular weight is 248 g/mol. The van der Waals surface area contributed by atoms with Crippen LogP contribution in [0.5, 0.6) is 5.75 Å². The minimum Gasteiger partial charge on any atom is -0.508 e. The zero-order valence-corrected chi connectivity index (χ0v) is 9.46. The minimum absolute atomic E-state index is 0.0424. The van der Waals surface area contributed by atoms with E-state index in [0.717, 1.165) is 0 Å². The minimum atomic E-state index is -1.14. The van der Waals surface area contributed by atoms with E-state index in [4.69, 9.17) is 5.11 Å². The summed E-state index contributed by atoms with van der Waals surface area (Å²) in [7, 11) is 0. The Morgan fingerprint density at radius 2 is 2.22 bits per heavy atom. The molecule has 1 saturated heterocycles. The van der Waals surface area contributed by atoms with Gasteiger partial charge in [-0.2, -0.15) is 0 Å². The first-order valence-electron chi connectivity index (χ1n) is 5.28. The summed E-state index contributed by atoms with van der Waals surface area (Å²) in [5, 5.41) is 20.7. The molecule has 1 heterocycles. The molecule has 1 unspecified atom stereocenters. The molecule has 1 aromatic carbocycles. The number of carboxylic acids is 1. The van der Waals surface area contributed by atoms with E-state index in [1.807, 2.05) is 0 Å². The number of amides is 2. The number of urea groups is 1. The molecule has 0 radical (unpaired) electrons. The zero-order valence-electron chi connectivity index (χ0n) is 9.46. The number of phenolic OH excluding ortho intramolecular Hbond substituents is 1. The number of aliphatic carboxylic acids is 1. The van der Waals surface area contributed by atoms with Gasteiger partial charge in [-0.1, -0.05) is 12.6 Å². The Hall–Kier alpha value is -2.50. The van der Waals surface area contributed by atoms with E-state index in [-0.39, 0.29) is 17.9 Å². The molecule has 6 heteroatoms. The van der Waals surface area contributed by atoms with Crippen LogP contribution in [0, 0.1) is 0 Å². The summed E-state index contributed by atoms with van der Waals surface area (Å²) < 4.78 is 0. The fourth-order valence-corrected chi connectivity index (χ4v) is 1.77. The second kappa shape index (κ2) is 4.40. The topological polar surface area (TPSA) is 89.9 Å². The smallest absolute Gasteiger partial charge is 0.333 e. The van der Waals surface area contributed by atoms with Crippen molar-refractivity contribution in [2.45, 2.75) is 6.04 Å². The first-order chi connectivity index (χ1) is 8.49. The van der Waals surface area contributed by atoms with Crippen LogP contribution in [0.2, 0.25) is 0 Å².